The highest BCUT2D eigenvalue weighted by Crippen LogP contribution is 2.50. The van der Waals surface area contributed by atoms with Crippen LogP contribution in [0.15, 0.2) is 17.7 Å². The van der Waals surface area contributed by atoms with Gasteiger partial charge in [0.05, 0.1) is 6.10 Å². The van der Waals surface area contributed by atoms with Crippen molar-refractivity contribution in [3.63, 3.8) is 0 Å². The topological polar surface area (TPSA) is 40.5 Å². The average molecular weight is 286 g/mol. The number of hydrogen-bond acceptors (Lipinski definition) is 2. The Morgan fingerprint density at radius 3 is 2.67 bits per heavy atom. The molecule has 0 radical (unpaired) electrons. The van der Waals surface area contributed by atoms with Crippen LogP contribution in [-0.2, 0) is 6.42 Å². The van der Waals surface area contributed by atoms with E-state index in [0.717, 1.165) is 30.4 Å². The van der Waals surface area contributed by atoms with E-state index < -0.39 is 0 Å². The van der Waals surface area contributed by atoms with Gasteiger partial charge in [0.15, 0.2) is 0 Å². The van der Waals surface area contributed by atoms with Crippen LogP contribution >= 0.6 is 0 Å². The summed E-state index contributed by atoms with van der Waals surface area (Å²) >= 11 is 0. The molecular formula is C19H26O2. The van der Waals surface area contributed by atoms with E-state index >= 15 is 0 Å². The molecule has 1 fully saturated rings. The van der Waals surface area contributed by atoms with Crippen LogP contribution in [0.2, 0.25) is 0 Å². The van der Waals surface area contributed by atoms with Crippen LogP contribution in [0.3, 0.4) is 0 Å². The third kappa shape index (κ3) is 2.30. The molecule has 3 atom stereocenters. The van der Waals surface area contributed by atoms with E-state index in [1.165, 1.54) is 11.1 Å². The molecule has 3 rings (SSSR count). The molecule has 0 spiro atoms. The van der Waals surface area contributed by atoms with Crippen molar-refractivity contribution in [1.29, 1.82) is 0 Å². The third-order valence-corrected chi connectivity index (χ3v) is 5.71. The summed E-state index contributed by atoms with van der Waals surface area (Å²) in [5, 5.41) is 20.6. The summed E-state index contributed by atoms with van der Waals surface area (Å²) in [6.07, 6.45) is 5.10. The number of rotatable bonds is 0. The van der Waals surface area contributed by atoms with E-state index in [-0.39, 0.29) is 11.5 Å². The smallest absolute Gasteiger partial charge is 0.119 e. The van der Waals surface area contributed by atoms with Gasteiger partial charge in [-0.25, -0.2) is 0 Å². The number of benzene rings is 1. The largest absolute Gasteiger partial charge is 0.508 e. The minimum atomic E-state index is -0.240. The molecule has 2 aliphatic rings. The number of allylic oxidation sites excluding steroid dienone is 1. The van der Waals surface area contributed by atoms with Gasteiger partial charge in [0.25, 0.3) is 0 Å². The maximum atomic E-state index is 10.6. The van der Waals surface area contributed by atoms with Crippen molar-refractivity contribution in [2.75, 3.05) is 0 Å². The van der Waals surface area contributed by atoms with E-state index in [2.05, 4.69) is 32.9 Å². The van der Waals surface area contributed by atoms with Crippen LogP contribution in [0.1, 0.15) is 50.3 Å². The fourth-order valence-electron chi connectivity index (χ4n) is 4.38. The lowest BCUT2D eigenvalue weighted by atomic mass is 9.60. The molecule has 2 aliphatic carbocycles. The SMILES string of the molecule is Cc1cc2c(cc1O)C=C1CC(C)C(O)C(C)(C)C1CC2. The summed E-state index contributed by atoms with van der Waals surface area (Å²) in [5.74, 6) is 1.11. The predicted octanol–water partition coefficient (Wildman–Crippen LogP) is 4.07. The van der Waals surface area contributed by atoms with Crippen LogP contribution < -0.4 is 0 Å². The van der Waals surface area contributed by atoms with Gasteiger partial charge in [0.2, 0.25) is 0 Å². The van der Waals surface area contributed by atoms with Gasteiger partial charge in [-0.05, 0) is 66.2 Å². The first-order chi connectivity index (χ1) is 9.80. The average Bonchev–Trinajstić information content (AvgIpc) is 2.57. The fourth-order valence-corrected chi connectivity index (χ4v) is 4.38. The normalized spacial score (nSPS) is 30.9. The van der Waals surface area contributed by atoms with E-state index in [1.807, 2.05) is 13.0 Å². The van der Waals surface area contributed by atoms with Crippen LogP contribution in [0.4, 0.5) is 0 Å². The van der Waals surface area contributed by atoms with E-state index in [4.69, 9.17) is 0 Å². The number of phenolic OH excluding ortho intramolecular Hbond substituents is 1. The van der Waals surface area contributed by atoms with Gasteiger partial charge in [-0.3, -0.25) is 0 Å². The molecular weight excluding hydrogens is 260 g/mol. The number of hydrogen-bond donors (Lipinski definition) is 2. The highest BCUT2D eigenvalue weighted by atomic mass is 16.3. The summed E-state index contributed by atoms with van der Waals surface area (Å²) in [7, 11) is 0. The second kappa shape index (κ2) is 4.88. The van der Waals surface area contributed by atoms with Gasteiger partial charge in [-0.2, -0.15) is 0 Å². The number of aromatic hydroxyl groups is 1. The first-order valence-electron chi connectivity index (χ1n) is 8.01. The molecule has 1 aromatic rings. The molecule has 0 saturated heterocycles. The predicted molar refractivity (Wildman–Crippen MR) is 86.2 cm³/mol. The van der Waals surface area contributed by atoms with E-state index in [0.29, 0.717) is 17.6 Å². The van der Waals surface area contributed by atoms with Crippen LogP contribution in [-0.4, -0.2) is 16.3 Å². The zero-order chi connectivity index (χ0) is 15.4. The molecule has 0 aliphatic heterocycles. The molecule has 21 heavy (non-hydrogen) atoms. The van der Waals surface area contributed by atoms with Crippen molar-refractivity contribution in [3.05, 3.63) is 34.4 Å². The van der Waals surface area contributed by atoms with Gasteiger partial charge in [0, 0.05) is 0 Å². The Balaban J connectivity index is 2.07. The van der Waals surface area contributed by atoms with Crippen molar-refractivity contribution in [1.82, 2.24) is 0 Å². The Hall–Kier alpha value is -1.28. The minimum Gasteiger partial charge on any atom is -0.508 e. The third-order valence-electron chi connectivity index (χ3n) is 5.71. The lowest BCUT2D eigenvalue weighted by Crippen LogP contribution is -2.45. The van der Waals surface area contributed by atoms with E-state index in [1.54, 1.807) is 0 Å². The van der Waals surface area contributed by atoms with E-state index in [9.17, 15) is 10.2 Å². The number of fused-ring (bicyclic) bond motifs is 2. The second-order valence-electron chi connectivity index (χ2n) is 7.60. The first-order valence-corrected chi connectivity index (χ1v) is 8.01. The molecule has 2 nitrogen and oxygen atoms in total. The van der Waals surface area contributed by atoms with Gasteiger partial charge < -0.3 is 10.2 Å². The van der Waals surface area contributed by atoms with Crippen molar-refractivity contribution in [2.45, 2.75) is 53.1 Å². The summed E-state index contributed by atoms with van der Waals surface area (Å²) in [6.45, 7) is 8.49. The van der Waals surface area contributed by atoms with Crippen molar-refractivity contribution < 1.29 is 10.2 Å². The number of phenols is 1. The Kier molecular flexibility index (Phi) is 3.40. The molecule has 114 valence electrons. The highest BCUT2D eigenvalue weighted by Gasteiger charge is 2.45. The summed E-state index contributed by atoms with van der Waals surface area (Å²) < 4.78 is 0. The van der Waals surface area contributed by atoms with Gasteiger partial charge in [-0.1, -0.05) is 38.5 Å². The number of aryl methyl sites for hydroxylation is 2. The summed E-state index contributed by atoms with van der Waals surface area (Å²) in [5.41, 5.74) is 4.80. The van der Waals surface area contributed by atoms with Crippen molar-refractivity contribution >= 4 is 6.08 Å². The zero-order valence-electron chi connectivity index (χ0n) is 13.5. The van der Waals surface area contributed by atoms with Gasteiger partial charge in [0.1, 0.15) is 5.75 Å². The maximum Gasteiger partial charge on any atom is 0.119 e. The van der Waals surface area contributed by atoms with Gasteiger partial charge in [-0.15, -0.1) is 0 Å². The molecule has 0 aromatic heterocycles. The molecule has 3 unspecified atom stereocenters. The monoisotopic (exact) mass is 286 g/mol. The van der Waals surface area contributed by atoms with Gasteiger partial charge >= 0.3 is 0 Å². The highest BCUT2D eigenvalue weighted by molar-refractivity contribution is 5.62. The molecule has 2 heteroatoms. The molecule has 0 bridgehead atoms. The Labute approximate surface area is 127 Å². The summed E-state index contributed by atoms with van der Waals surface area (Å²) in [6, 6.07) is 4.02. The quantitative estimate of drug-likeness (QED) is 0.754. The number of aliphatic hydroxyl groups is 1. The fraction of sp³-hybridized carbons (Fsp3) is 0.579. The zero-order valence-corrected chi connectivity index (χ0v) is 13.5. The van der Waals surface area contributed by atoms with Crippen LogP contribution in [0.5, 0.6) is 5.75 Å². The second-order valence-corrected chi connectivity index (χ2v) is 7.60. The first kappa shape index (κ1) is 14.6. The number of aliphatic hydroxyl groups excluding tert-OH is 1. The lowest BCUT2D eigenvalue weighted by molar-refractivity contribution is -0.0421. The molecule has 2 N–H and O–H groups in total. The molecule has 1 aromatic carbocycles. The van der Waals surface area contributed by atoms with Crippen LogP contribution in [0.25, 0.3) is 6.08 Å². The Morgan fingerprint density at radius 2 is 1.95 bits per heavy atom. The minimum absolute atomic E-state index is 0.0807. The Morgan fingerprint density at radius 1 is 1.24 bits per heavy atom. The molecule has 0 heterocycles. The lowest BCUT2D eigenvalue weighted by Gasteiger charge is -2.47. The van der Waals surface area contributed by atoms with Crippen LogP contribution in [0, 0.1) is 24.2 Å². The maximum absolute atomic E-state index is 10.6. The molecule has 0 amide bonds. The summed E-state index contributed by atoms with van der Waals surface area (Å²) in [4.78, 5) is 0. The molecule has 1 saturated carbocycles. The van der Waals surface area contributed by atoms with Crippen molar-refractivity contribution in [2.24, 2.45) is 17.3 Å². The van der Waals surface area contributed by atoms with Crippen molar-refractivity contribution in [3.8, 4) is 5.75 Å². The Bertz CT molecular complexity index is 598. The standard InChI is InChI=1S/C19H26O2/c1-11-7-13-5-6-16-15(9-14(13)10-17(11)20)8-12(2)18(21)19(16,3)4/h7,9-10,12,16,18,20-21H,5-6,8H2,1-4H3.